The van der Waals surface area contributed by atoms with Crippen molar-refractivity contribution in [2.45, 2.75) is 38.7 Å². The number of carbonyl (C=O) groups is 2. The minimum atomic E-state index is -1.09. The SMILES string of the molecule is CC(C)(C)OC(=O)N1CC[C@@H](c2ccc(F)c(F)c2)[C@H](C(=O)O)C1. The van der Waals surface area contributed by atoms with Gasteiger partial charge in [-0.25, -0.2) is 13.6 Å². The van der Waals surface area contributed by atoms with E-state index in [2.05, 4.69) is 0 Å². The maximum atomic E-state index is 13.4. The van der Waals surface area contributed by atoms with Gasteiger partial charge in [-0.1, -0.05) is 6.07 Å². The van der Waals surface area contributed by atoms with E-state index in [4.69, 9.17) is 4.74 Å². The molecule has 1 aromatic carbocycles. The van der Waals surface area contributed by atoms with E-state index in [9.17, 15) is 23.5 Å². The molecule has 5 nitrogen and oxygen atoms in total. The van der Waals surface area contributed by atoms with Gasteiger partial charge in [0.1, 0.15) is 5.60 Å². The molecule has 0 spiro atoms. The summed E-state index contributed by atoms with van der Waals surface area (Å²) in [5.41, 5.74) is -0.252. The van der Waals surface area contributed by atoms with Gasteiger partial charge in [0, 0.05) is 19.0 Å². The summed E-state index contributed by atoms with van der Waals surface area (Å²) in [4.78, 5) is 25.1. The molecule has 1 saturated heterocycles. The second-order valence-corrected chi connectivity index (χ2v) is 6.94. The number of rotatable bonds is 2. The summed E-state index contributed by atoms with van der Waals surface area (Å²) in [6, 6.07) is 3.41. The van der Waals surface area contributed by atoms with Gasteiger partial charge in [0.25, 0.3) is 0 Å². The number of likely N-dealkylation sites (tertiary alicyclic amines) is 1. The fourth-order valence-electron chi connectivity index (χ4n) is 2.84. The van der Waals surface area contributed by atoms with Crippen LogP contribution in [0.4, 0.5) is 13.6 Å². The highest BCUT2D eigenvalue weighted by molar-refractivity contribution is 5.74. The molecule has 1 aliphatic heterocycles. The van der Waals surface area contributed by atoms with Crippen molar-refractivity contribution in [3.8, 4) is 0 Å². The molecule has 1 fully saturated rings. The molecule has 1 N–H and O–H groups in total. The molecule has 1 aromatic rings. The number of benzene rings is 1. The number of amides is 1. The Kier molecular flexibility index (Phi) is 5.11. The van der Waals surface area contributed by atoms with Crippen LogP contribution in [0.3, 0.4) is 0 Å². The Morgan fingerprint density at radius 3 is 2.46 bits per heavy atom. The molecule has 1 heterocycles. The first-order valence-electron chi connectivity index (χ1n) is 7.74. The number of carboxylic acid groups (broad SMARTS) is 1. The van der Waals surface area contributed by atoms with Crippen molar-refractivity contribution in [3.05, 3.63) is 35.4 Å². The average molecular weight is 341 g/mol. The van der Waals surface area contributed by atoms with E-state index in [0.29, 0.717) is 18.5 Å². The van der Waals surface area contributed by atoms with E-state index in [1.165, 1.54) is 11.0 Å². The Balaban J connectivity index is 2.18. The average Bonchev–Trinajstić information content (AvgIpc) is 2.47. The lowest BCUT2D eigenvalue weighted by Crippen LogP contribution is -2.47. The lowest BCUT2D eigenvalue weighted by molar-refractivity contribution is -0.144. The third-order valence-electron chi connectivity index (χ3n) is 3.95. The largest absolute Gasteiger partial charge is 0.481 e. The Morgan fingerprint density at radius 2 is 1.92 bits per heavy atom. The molecular weight excluding hydrogens is 320 g/mol. The fourth-order valence-corrected chi connectivity index (χ4v) is 2.84. The molecule has 132 valence electrons. The normalized spacial score (nSPS) is 21.5. The van der Waals surface area contributed by atoms with Crippen molar-refractivity contribution >= 4 is 12.1 Å². The molecule has 2 rings (SSSR count). The van der Waals surface area contributed by atoms with E-state index in [1.54, 1.807) is 20.8 Å². The first-order chi connectivity index (χ1) is 11.1. The van der Waals surface area contributed by atoms with Gasteiger partial charge in [-0.15, -0.1) is 0 Å². The smallest absolute Gasteiger partial charge is 0.410 e. The lowest BCUT2D eigenvalue weighted by Gasteiger charge is -2.37. The number of ether oxygens (including phenoxy) is 1. The van der Waals surface area contributed by atoms with Gasteiger partial charge < -0.3 is 14.7 Å². The molecule has 1 amide bonds. The fraction of sp³-hybridized carbons (Fsp3) is 0.529. The Morgan fingerprint density at radius 1 is 1.25 bits per heavy atom. The molecule has 7 heteroatoms. The van der Waals surface area contributed by atoms with Crippen LogP contribution < -0.4 is 0 Å². The Bertz CT molecular complexity index is 642. The van der Waals surface area contributed by atoms with Crippen molar-refractivity contribution < 1.29 is 28.2 Å². The van der Waals surface area contributed by atoms with E-state index in [0.717, 1.165) is 12.1 Å². The third-order valence-corrected chi connectivity index (χ3v) is 3.95. The Hall–Kier alpha value is -2.18. The summed E-state index contributed by atoms with van der Waals surface area (Å²) in [6.07, 6.45) is -0.237. The van der Waals surface area contributed by atoms with Crippen LogP contribution in [0.2, 0.25) is 0 Å². The summed E-state index contributed by atoms with van der Waals surface area (Å²) in [5, 5.41) is 9.48. The maximum absolute atomic E-state index is 13.4. The highest BCUT2D eigenvalue weighted by Gasteiger charge is 2.38. The summed E-state index contributed by atoms with van der Waals surface area (Å²) in [6.45, 7) is 5.45. The van der Waals surface area contributed by atoms with Gasteiger partial charge in [-0.05, 0) is 44.9 Å². The number of halogens is 2. The minimum Gasteiger partial charge on any atom is -0.481 e. The van der Waals surface area contributed by atoms with Gasteiger partial charge in [0.2, 0.25) is 0 Å². The second kappa shape index (κ2) is 6.75. The zero-order chi connectivity index (χ0) is 18.1. The molecule has 1 aliphatic rings. The van der Waals surface area contributed by atoms with Gasteiger partial charge in [0.05, 0.1) is 5.92 Å². The molecule has 2 atom stereocenters. The monoisotopic (exact) mass is 341 g/mol. The molecule has 0 aromatic heterocycles. The number of carboxylic acids is 1. The summed E-state index contributed by atoms with van der Waals surface area (Å²) >= 11 is 0. The van der Waals surface area contributed by atoms with E-state index in [-0.39, 0.29) is 6.54 Å². The van der Waals surface area contributed by atoms with E-state index < -0.39 is 41.1 Å². The van der Waals surface area contributed by atoms with Crippen LogP contribution >= 0.6 is 0 Å². The molecule has 0 radical (unpaired) electrons. The van der Waals surface area contributed by atoms with Crippen LogP contribution in [0.5, 0.6) is 0 Å². The van der Waals surface area contributed by atoms with Crippen LogP contribution in [0, 0.1) is 17.6 Å². The van der Waals surface area contributed by atoms with Crippen molar-refractivity contribution in [1.29, 1.82) is 0 Å². The molecule has 0 saturated carbocycles. The summed E-state index contributed by atoms with van der Waals surface area (Å²) in [5.74, 6) is -4.46. The maximum Gasteiger partial charge on any atom is 0.410 e. The number of aliphatic carboxylic acids is 1. The van der Waals surface area contributed by atoms with Crippen LogP contribution in [0.25, 0.3) is 0 Å². The van der Waals surface area contributed by atoms with Crippen LogP contribution in [0.1, 0.15) is 38.7 Å². The quantitative estimate of drug-likeness (QED) is 0.895. The van der Waals surface area contributed by atoms with Gasteiger partial charge in [-0.2, -0.15) is 0 Å². The summed E-state index contributed by atoms with van der Waals surface area (Å²) in [7, 11) is 0. The number of carbonyl (C=O) groups excluding carboxylic acids is 1. The molecule has 24 heavy (non-hydrogen) atoms. The zero-order valence-corrected chi connectivity index (χ0v) is 13.9. The first-order valence-corrected chi connectivity index (χ1v) is 7.74. The molecule has 0 unspecified atom stereocenters. The molecule has 0 aliphatic carbocycles. The van der Waals surface area contributed by atoms with Crippen molar-refractivity contribution in [1.82, 2.24) is 4.90 Å². The molecule has 0 bridgehead atoms. The van der Waals surface area contributed by atoms with Crippen molar-refractivity contribution in [3.63, 3.8) is 0 Å². The van der Waals surface area contributed by atoms with Crippen LogP contribution in [-0.4, -0.2) is 40.8 Å². The highest BCUT2D eigenvalue weighted by atomic mass is 19.2. The van der Waals surface area contributed by atoms with Gasteiger partial charge in [-0.3, -0.25) is 4.79 Å². The van der Waals surface area contributed by atoms with Crippen molar-refractivity contribution in [2.75, 3.05) is 13.1 Å². The zero-order valence-electron chi connectivity index (χ0n) is 13.9. The topological polar surface area (TPSA) is 66.8 Å². The summed E-state index contributed by atoms with van der Waals surface area (Å²) < 4.78 is 31.8. The van der Waals surface area contributed by atoms with Crippen LogP contribution in [-0.2, 0) is 9.53 Å². The van der Waals surface area contributed by atoms with Crippen molar-refractivity contribution in [2.24, 2.45) is 5.92 Å². The highest BCUT2D eigenvalue weighted by Crippen LogP contribution is 2.34. The number of hydrogen-bond donors (Lipinski definition) is 1. The van der Waals surface area contributed by atoms with E-state index >= 15 is 0 Å². The third kappa shape index (κ3) is 4.21. The standard InChI is InChI=1S/C17H21F2NO4/c1-17(2,3)24-16(23)20-7-6-11(12(9-20)15(21)22)10-4-5-13(18)14(19)8-10/h4-5,8,11-12H,6-7,9H2,1-3H3,(H,21,22)/t11-,12+/m0/s1. The molecular formula is C17H21F2NO4. The second-order valence-electron chi connectivity index (χ2n) is 6.94. The minimum absolute atomic E-state index is 0.0338. The van der Waals surface area contributed by atoms with Crippen LogP contribution in [0.15, 0.2) is 18.2 Å². The Labute approximate surface area is 139 Å². The first kappa shape index (κ1) is 18.2. The number of nitrogens with zero attached hydrogens (tertiary/aromatic N) is 1. The number of hydrogen-bond acceptors (Lipinski definition) is 3. The van der Waals surface area contributed by atoms with Gasteiger partial charge >= 0.3 is 12.1 Å². The van der Waals surface area contributed by atoms with Gasteiger partial charge in [0.15, 0.2) is 11.6 Å². The van der Waals surface area contributed by atoms with E-state index in [1.807, 2.05) is 0 Å². The number of piperidine rings is 1. The lowest BCUT2D eigenvalue weighted by atomic mass is 9.80. The predicted octanol–water partition coefficient (Wildman–Crippen LogP) is 3.39. The predicted molar refractivity (Wildman–Crippen MR) is 82.6 cm³/mol.